The summed E-state index contributed by atoms with van der Waals surface area (Å²) in [6.07, 6.45) is 4.86. The lowest BCUT2D eigenvalue weighted by atomic mass is 10.2. The van der Waals surface area contributed by atoms with Crippen molar-refractivity contribution in [3.63, 3.8) is 0 Å². The highest BCUT2D eigenvalue weighted by Crippen LogP contribution is 2.21. The quantitative estimate of drug-likeness (QED) is 0.814. The molecule has 2 fully saturated rings. The van der Waals surface area contributed by atoms with Gasteiger partial charge >= 0.3 is 6.01 Å². The number of methoxy groups -OCH3 is 1. The molecule has 3 rings (SSSR count). The Hall–Kier alpha value is -2.12. The molecular formula is C16H26N6O2. The Morgan fingerprint density at radius 2 is 1.38 bits per heavy atom. The first-order valence-electron chi connectivity index (χ1n) is 8.73. The van der Waals surface area contributed by atoms with E-state index in [2.05, 4.69) is 24.8 Å². The van der Waals surface area contributed by atoms with Crippen LogP contribution in [0, 0.1) is 0 Å². The van der Waals surface area contributed by atoms with E-state index in [0.717, 1.165) is 26.2 Å². The molecule has 0 bridgehead atoms. The van der Waals surface area contributed by atoms with Crippen LogP contribution in [0.15, 0.2) is 0 Å². The first-order chi connectivity index (χ1) is 11.7. The Morgan fingerprint density at radius 1 is 0.833 bits per heavy atom. The number of amides is 1. The molecule has 8 nitrogen and oxygen atoms in total. The SMILES string of the molecule is COc1nc(N2CCCCCC2)nc(N2CCN(C(C)=O)CC2)n1. The number of rotatable bonds is 3. The van der Waals surface area contributed by atoms with Gasteiger partial charge in [0, 0.05) is 46.2 Å². The van der Waals surface area contributed by atoms with Crippen molar-refractivity contribution < 1.29 is 9.53 Å². The molecular weight excluding hydrogens is 308 g/mol. The van der Waals surface area contributed by atoms with Gasteiger partial charge in [0.1, 0.15) is 0 Å². The summed E-state index contributed by atoms with van der Waals surface area (Å²) in [7, 11) is 1.58. The number of hydrogen-bond acceptors (Lipinski definition) is 7. The molecule has 0 unspecified atom stereocenters. The van der Waals surface area contributed by atoms with Gasteiger partial charge in [-0.05, 0) is 12.8 Å². The highest BCUT2D eigenvalue weighted by atomic mass is 16.5. The molecule has 2 aliphatic heterocycles. The average Bonchev–Trinajstić information content (AvgIpc) is 2.91. The van der Waals surface area contributed by atoms with Crippen molar-refractivity contribution >= 4 is 17.8 Å². The van der Waals surface area contributed by atoms with Gasteiger partial charge in [-0.3, -0.25) is 4.79 Å². The Balaban J connectivity index is 1.78. The second-order valence-electron chi connectivity index (χ2n) is 6.32. The molecule has 1 aromatic heterocycles. The van der Waals surface area contributed by atoms with Gasteiger partial charge in [-0.25, -0.2) is 0 Å². The predicted octanol–water partition coefficient (Wildman–Crippen LogP) is 0.929. The van der Waals surface area contributed by atoms with Crippen molar-refractivity contribution in [1.82, 2.24) is 19.9 Å². The number of carbonyl (C=O) groups is 1. The largest absolute Gasteiger partial charge is 0.467 e. The summed E-state index contributed by atoms with van der Waals surface area (Å²) >= 11 is 0. The zero-order valence-corrected chi connectivity index (χ0v) is 14.6. The van der Waals surface area contributed by atoms with Gasteiger partial charge < -0.3 is 19.4 Å². The summed E-state index contributed by atoms with van der Waals surface area (Å²) in [6.45, 7) is 6.41. The fraction of sp³-hybridized carbons (Fsp3) is 0.750. The maximum atomic E-state index is 11.5. The van der Waals surface area contributed by atoms with Crippen LogP contribution in [-0.2, 0) is 4.79 Å². The summed E-state index contributed by atoms with van der Waals surface area (Å²) in [5.74, 6) is 1.46. The standard InChI is InChI=1S/C16H26N6O2/c1-13(23)20-9-11-22(12-10-20)15-17-14(18-16(19-15)24-2)21-7-5-3-4-6-8-21/h3-12H2,1-2H3. The van der Waals surface area contributed by atoms with Crippen LogP contribution >= 0.6 is 0 Å². The normalized spacial score (nSPS) is 19.2. The molecule has 8 heteroatoms. The third-order valence-electron chi connectivity index (χ3n) is 4.67. The van der Waals surface area contributed by atoms with E-state index in [-0.39, 0.29) is 5.91 Å². The molecule has 2 saturated heterocycles. The number of hydrogen-bond donors (Lipinski definition) is 0. The summed E-state index contributed by atoms with van der Waals surface area (Å²) in [6, 6.07) is 0.355. The molecule has 0 aliphatic carbocycles. The van der Waals surface area contributed by atoms with Crippen LogP contribution in [0.5, 0.6) is 6.01 Å². The van der Waals surface area contributed by atoms with E-state index in [1.54, 1.807) is 14.0 Å². The fourth-order valence-corrected chi connectivity index (χ4v) is 3.20. The molecule has 0 spiro atoms. The van der Waals surface area contributed by atoms with E-state index < -0.39 is 0 Å². The lowest BCUT2D eigenvalue weighted by Crippen LogP contribution is -2.48. The third kappa shape index (κ3) is 3.85. The third-order valence-corrected chi connectivity index (χ3v) is 4.67. The molecule has 2 aliphatic rings. The van der Waals surface area contributed by atoms with Crippen molar-refractivity contribution in [2.24, 2.45) is 0 Å². The monoisotopic (exact) mass is 334 g/mol. The summed E-state index contributed by atoms with van der Waals surface area (Å²) in [5, 5.41) is 0. The van der Waals surface area contributed by atoms with Gasteiger partial charge in [0.05, 0.1) is 7.11 Å². The Kier molecular flexibility index (Phi) is 5.32. The van der Waals surface area contributed by atoms with Crippen molar-refractivity contribution in [3.05, 3.63) is 0 Å². The van der Waals surface area contributed by atoms with Crippen LogP contribution in [0.3, 0.4) is 0 Å². The minimum atomic E-state index is 0.119. The first-order valence-corrected chi connectivity index (χ1v) is 8.73. The van der Waals surface area contributed by atoms with Crippen LogP contribution in [-0.4, -0.2) is 72.1 Å². The molecule has 0 saturated carbocycles. The van der Waals surface area contributed by atoms with E-state index >= 15 is 0 Å². The molecule has 132 valence electrons. The molecule has 0 aromatic carbocycles. The molecule has 1 aromatic rings. The minimum Gasteiger partial charge on any atom is -0.467 e. The van der Waals surface area contributed by atoms with Gasteiger partial charge in [0.15, 0.2) is 0 Å². The average molecular weight is 334 g/mol. The number of carbonyl (C=O) groups excluding carboxylic acids is 1. The minimum absolute atomic E-state index is 0.119. The Bertz CT molecular complexity index is 566. The van der Waals surface area contributed by atoms with E-state index in [1.807, 2.05) is 4.90 Å². The topological polar surface area (TPSA) is 74.7 Å². The molecule has 0 N–H and O–H groups in total. The number of anilines is 2. The van der Waals surface area contributed by atoms with Crippen molar-refractivity contribution in [2.75, 3.05) is 56.2 Å². The molecule has 0 atom stereocenters. The van der Waals surface area contributed by atoms with Gasteiger partial charge in [0.25, 0.3) is 0 Å². The first kappa shape index (κ1) is 16.7. The zero-order valence-electron chi connectivity index (χ0n) is 14.6. The fourth-order valence-electron chi connectivity index (χ4n) is 3.20. The summed E-state index contributed by atoms with van der Waals surface area (Å²) in [5.41, 5.74) is 0. The van der Waals surface area contributed by atoms with Crippen LogP contribution < -0.4 is 14.5 Å². The van der Waals surface area contributed by atoms with Crippen molar-refractivity contribution in [3.8, 4) is 6.01 Å². The Morgan fingerprint density at radius 3 is 1.88 bits per heavy atom. The van der Waals surface area contributed by atoms with Crippen LogP contribution in [0.4, 0.5) is 11.9 Å². The predicted molar refractivity (Wildman–Crippen MR) is 91.5 cm³/mol. The maximum absolute atomic E-state index is 11.5. The zero-order chi connectivity index (χ0) is 16.9. The van der Waals surface area contributed by atoms with E-state index in [4.69, 9.17) is 4.74 Å². The van der Waals surface area contributed by atoms with Crippen LogP contribution in [0.2, 0.25) is 0 Å². The van der Waals surface area contributed by atoms with Gasteiger partial charge in [-0.1, -0.05) is 12.8 Å². The maximum Gasteiger partial charge on any atom is 0.322 e. The number of piperazine rings is 1. The van der Waals surface area contributed by atoms with Gasteiger partial charge in [0.2, 0.25) is 17.8 Å². The smallest absolute Gasteiger partial charge is 0.322 e. The van der Waals surface area contributed by atoms with Gasteiger partial charge in [-0.2, -0.15) is 15.0 Å². The van der Waals surface area contributed by atoms with Crippen molar-refractivity contribution in [1.29, 1.82) is 0 Å². The lowest BCUT2D eigenvalue weighted by molar-refractivity contribution is -0.129. The van der Waals surface area contributed by atoms with Crippen LogP contribution in [0.25, 0.3) is 0 Å². The van der Waals surface area contributed by atoms with Crippen LogP contribution in [0.1, 0.15) is 32.6 Å². The van der Waals surface area contributed by atoms with E-state index in [9.17, 15) is 4.79 Å². The highest BCUT2D eigenvalue weighted by molar-refractivity contribution is 5.73. The number of aromatic nitrogens is 3. The lowest BCUT2D eigenvalue weighted by Gasteiger charge is -2.34. The molecule has 0 radical (unpaired) electrons. The molecule has 24 heavy (non-hydrogen) atoms. The van der Waals surface area contributed by atoms with E-state index in [0.29, 0.717) is 31.0 Å². The second-order valence-corrected chi connectivity index (χ2v) is 6.32. The van der Waals surface area contributed by atoms with Gasteiger partial charge in [-0.15, -0.1) is 0 Å². The summed E-state index contributed by atoms with van der Waals surface area (Å²) in [4.78, 5) is 31.2. The number of ether oxygens (including phenoxy) is 1. The highest BCUT2D eigenvalue weighted by Gasteiger charge is 2.23. The van der Waals surface area contributed by atoms with Crippen molar-refractivity contribution in [2.45, 2.75) is 32.6 Å². The molecule has 3 heterocycles. The number of nitrogens with zero attached hydrogens (tertiary/aromatic N) is 6. The summed E-state index contributed by atoms with van der Waals surface area (Å²) < 4.78 is 5.29. The van der Waals surface area contributed by atoms with E-state index in [1.165, 1.54) is 25.7 Å². The second kappa shape index (κ2) is 7.63. The molecule has 1 amide bonds. The Labute approximate surface area is 142 Å².